The summed E-state index contributed by atoms with van der Waals surface area (Å²) in [4.78, 5) is 25.0. The van der Waals surface area contributed by atoms with Crippen molar-refractivity contribution in [2.75, 3.05) is 12.0 Å². The Morgan fingerprint density at radius 3 is 2.51 bits per heavy atom. The van der Waals surface area contributed by atoms with Crippen LogP contribution in [-0.4, -0.2) is 23.7 Å². The Kier molecular flexibility index (Phi) is 7.20. The van der Waals surface area contributed by atoms with Crippen molar-refractivity contribution in [1.29, 1.82) is 0 Å². The number of para-hydroxylation sites is 1. The highest BCUT2D eigenvalue weighted by atomic mass is 35.5. The first-order valence-corrected chi connectivity index (χ1v) is 13.8. The minimum atomic E-state index is -0.601. The van der Waals surface area contributed by atoms with Gasteiger partial charge in [0.25, 0.3) is 0 Å². The van der Waals surface area contributed by atoms with Crippen molar-refractivity contribution in [2.45, 2.75) is 31.2 Å². The van der Waals surface area contributed by atoms with Crippen LogP contribution in [0.25, 0.3) is 0 Å². The number of pyridine rings is 1. The molecule has 1 aliphatic carbocycles. The number of halogens is 1. The Balaban J connectivity index is 1.52. The highest BCUT2D eigenvalue weighted by Crippen LogP contribution is 2.57. The van der Waals surface area contributed by atoms with Gasteiger partial charge in [-0.05, 0) is 78.7 Å². The molecule has 1 saturated carbocycles. The summed E-state index contributed by atoms with van der Waals surface area (Å²) in [6, 6.07) is 24.8. The average Bonchev–Trinajstić information content (AvgIpc) is 3.21. The van der Waals surface area contributed by atoms with Crippen LogP contribution < -0.4 is 20.1 Å². The molecule has 2 aliphatic rings. The lowest BCUT2D eigenvalue weighted by molar-refractivity contribution is -0.126. The van der Waals surface area contributed by atoms with Crippen molar-refractivity contribution in [1.82, 2.24) is 4.98 Å². The number of hydrogen-bond acceptors (Lipinski definition) is 6. The lowest BCUT2D eigenvalue weighted by Crippen LogP contribution is -2.44. The van der Waals surface area contributed by atoms with Gasteiger partial charge in [-0.3, -0.25) is 4.79 Å². The number of carbonyl (C=O) groups is 1. The number of benzene rings is 3. The number of anilines is 1. The van der Waals surface area contributed by atoms with Gasteiger partial charge < -0.3 is 20.1 Å². The average molecular weight is 565 g/mol. The number of rotatable bonds is 8. The molecular weight excluding hydrogens is 536 g/mol. The summed E-state index contributed by atoms with van der Waals surface area (Å²) in [6.07, 6.45) is 7.36. The fraction of sp³-hybridized carbons (Fsp3) is 0.182. The number of ether oxygens (including phenoxy) is 2. The van der Waals surface area contributed by atoms with E-state index in [0.717, 1.165) is 53.1 Å². The van der Waals surface area contributed by atoms with Gasteiger partial charge in [-0.2, -0.15) is 0 Å². The third kappa shape index (κ3) is 5.05. The molecule has 4 aromatic rings. The summed E-state index contributed by atoms with van der Waals surface area (Å²) >= 11 is 6.19. The predicted octanol–water partition coefficient (Wildman–Crippen LogP) is 7.10. The van der Waals surface area contributed by atoms with Crippen LogP contribution in [0.5, 0.6) is 17.2 Å². The molecule has 7 nitrogen and oxygen atoms in total. The number of fused-ring (bicyclic) bond motifs is 2. The summed E-state index contributed by atoms with van der Waals surface area (Å²) in [7, 11) is 1.64. The molecule has 0 unspecified atom stereocenters. The van der Waals surface area contributed by atoms with E-state index in [9.17, 15) is 4.79 Å². The fourth-order valence-corrected chi connectivity index (χ4v) is 5.70. The molecule has 3 aromatic carbocycles. The van der Waals surface area contributed by atoms with E-state index in [1.807, 2.05) is 65.6 Å². The van der Waals surface area contributed by atoms with E-state index in [0.29, 0.717) is 28.9 Å². The van der Waals surface area contributed by atoms with Crippen LogP contribution in [0.4, 0.5) is 11.4 Å². The van der Waals surface area contributed by atoms with Gasteiger partial charge in [0, 0.05) is 17.8 Å². The number of nitrogens with two attached hydrogens (primary N) is 1. The molecule has 0 atom stereocenters. The minimum Gasteiger partial charge on any atom is -0.497 e. The van der Waals surface area contributed by atoms with Crippen molar-refractivity contribution in [2.24, 2.45) is 10.7 Å². The Morgan fingerprint density at radius 2 is 1.85 bits per heavy atom. The zero-order valence-electron chi connectivity index (χ0n) is 22.6. The second-order valence-corrected chi connectivity index (χ2v) is 10.5. The summed E-state index contributed by atoms with van der Waals surface area (Å²) in [6.45, 7) is 0.401. The molecule has 8 heteroatoms. The quantitative estimate of drug-likeness (QED) is 0.182. The summed E-state index contributed by atoms with van der Waals surface area (Å²) in [5, 5.41) is 0.314. The lowest BCUT2D eigenvalue weighted by Gasteiger charge is -2.37. The Hall–Kier alpha value is -4.62. The molecule has 1 aromatic heterocycles. The number of hydrogen-bond donors (Lipinski definition) is 1. The number of carbonyl (C=O) groups excluding carboxylic acids is 1. The Labute approximate surface area is 243 Å². The van der Waals surface area contributed by atoms with Gasteiger partial charge in [-0.25, -0.2) is 9.98 Å². The fourth-order valence-electron chi connectivity index (χ4n) is 5.54. The van der Waals surface area contributed by atoms with Crippen LogP contribution in [0.2, 0.25) is 5.15 Å². The number of aromatic nitrogens is 1. The normalized spacial score (nSPS) is 15.7. The van der Waals surface area contributed by atoms with E-state index in [1.165, 1.54) is 6.20 Å². The van der Waals surface area contributed by atoms with E-state index in [-0.39, 0.29) is 5.91 Å². The maximum absolute atomic E-state index is 14.2. The molecule has 0 saturated heterocycles. The monoisotopic (exact) mass is 564 g/mol. The highest BCUT2D eigenvalue weighted by Gasteiger charge is 2.55. The van der Waals surface area contributed by atoms with E-state index < -0.39 is 5.41 Å². The van der Waals surface area contributed by atoms with Crippen molar-refractivity contribution in [3.8, 4) is 17.2 Å². The smallest absolute Gasteiger partial charge is 0.238 e. The number of methoxy groups -OCH3 is 1. The molecule has 2 N–H and O–H groups in total. The molecule has 0 bridgehead atoms. The third-order valence-corrected chi connectivity index (χ3v) is 7.91. The van der Waals surface area contributed by atoms with Gasteiger partial charge in [-0.1, -0.05) is 48.4 Å². The summed E-state index contributed by atoms with van der Waals surface area (Å²) in [5.74, 6) is 1.90. The van der Waals surface area contributed by atoms with E-state index in [1.54, 1.807) is 31.5 Å². The molecule has 6 rings (SSSR count). The first-order valence-electron chi connectivity index (χ1n) is 13.5. The first-order chi connectivity index (χ1) is 20.0. The van der Waals surface area contributed by atoms with Crippen LogP contribution in [0.3, 0.4) is 0 Å². The largest absolute Gasteiger partial charge is 0.497 e. The van der Waals surface area contributed by atoms with Gasteiger partial charge in [-0.15, -0.1) is 0 Å². The van der Waals surface area contributed by atoms with E-state index in [4.69, 9.17) is 31.8 Å². The summed E-state index contributed by atoms with van der Waals surface area (Å²) < 4.78 is 11.8. The van der Waals surface area contributed by atoms with Crippen LogP contribution in [0.15, 0.2) is 102 Å². The van der Waals surface area contributed by atoms with Crippen molar-refractivity contribution < 1.29 is 14.3 Å². The zero-order valence-corrected chi connectivity index (χ0v) is 23.3. The standard InChI is InChI=1S/C33H29ClN4O3/c1-40-25-10-8-22(9-11-25)21-38-31-27(33(32(38)39)14-5-15-33)18-23(19-29(31)41-26-13-17-36-30(34)20-26)28(12-16-35)37-24-6-3-2-4-7-24/h2-4,6-13,16-20H,5,14-15,21,35H2,1H3. The SMILES string of the molecule is COc1ccc(CN2C(=O)C3(CCC3)c3cc(C(C=CN)=Nc4ccccc4)cc(Oc4ccnc(Cl)c4)c32)cc1. The minimum absolute atomic E-state index is 0.0836. The van der Waals surface area contributed by atoms with E-state index in [2.05, 4.69) is 11.1 Å². The maximum Gasteiger partial charge on any atom is 0.238 e. The van der Waals surface area contributed by atoms with Crippen LogP contribution in [-0.2, 0) is 16.8 Å². The molecule has 1 aliphatic heterocycles. The molecule has 1 amide bonds. The topological polar surface area (TPSA) is 90.0 Å². The molecule has 0 radical (unpaired) electrons. The van der Waals surface area contributed by atoms with Gasteiger partial charge in [0.05, 0.1) is 36.2 Å². The maximum atomic E-state index is 14.2. The number of nitrogens with zero attached hydrogens (tertiary/aromatic N) is 3. The number of amides is 1. The van der Waals surface area contributed by atoms with Gasteiger partial charge in [0.2, 0.25) is 5.91 Å². The highest BCUT2D eigenvalue weighted by molar-refractivity contribution is 6.29. The summed E-state index contributed by atoms with van der Waals surface area (Å²) in [5.41, 5.74) is 10.2. The number of allylic oxidation sites excluding steroid dienone is 1. The Morgan fingerprint density at radius 1 is 1.07 bits per heavy atom. The van der Waals surface area contributed by atoms with Crippen LogP contribution >= 0.6 is 11.6 Å². The van der Waals surface area contributed by atoms with Gasteiger partial charge in [0.15, 0.2) is 5.75 Å². The lowest BCUT2D eigenvalue weighted by atomic mass is 9.65. The number of aliphatic imine (C=N–C) groups is 1. The predicted molar refractivity (Wildman–Crippen MR) is 161 cm³/mol. The van der Waals surface area contributed by atoms with Crippen molar-refractivity contribution in [3.05, 3.63) is 119 Å². The van der Waals surface area contributed by atoms with Gasteiger partial charge in [0.1, 0.15) is 16.7 Å². The van der Waals surface area contributed by atoms with Crippen LogP contribution in [0, 0.1) is 0 Å². The van der Waals surface area contributed by atoms with Crippen molar-refractivity contribution in [3.63, 3.8) is 0 Å². The second-order valence-electron chi connectivity index (χ2n) is 10.2. The first kappa shape index (κ1) is 26.6. The van der Waals surface area contributed by atoms with Gasteiger partial charge >= 0.3 is 0 Å². The molecular formula is C33H29ClN4O3. The van der Waals surface area contributed by atoms with E-state index >= 15 is 0 Å². The van der Waals surface area contributed by atoms with Crippen molar-refractivity contribution >= 4 is 34.6 Å². The van der Waals surface area contributed by atoms with Crippen LogP contribution in [0.1, 0.15) is 36.0 Å². The molecule has 2 heterocycles. The molecule has 41 heavy (non-hydrogen) atoms. The third-order valence-electron chi connectivity index (χ3n) is 7.70. The molecule has 1 spiro atoms. The molecule has 1 fully saturated rings. The second kappa shape index (κ2) is 11.1. The molecule has 206 valence electrons. The Bertz CT molecular complexity index is 1650. The zero-order chi connectivity index (χ0) is 28.4.